The molecule has 144 valence electrons. The van der Waals surface area contributed by atoms with E-state index in [0.717, 1.165) is 27.3 Å². The molecule has 0 bridgehead atoms. The number of nitrogens with one attached hydrogen (secondary N) is 1. The molecule has 1 N–H and O–H groups in total. The molecule has 7 heteroatoms. The Balaban J connectivity index is 1.61. The summed E-state index contributed by atoms with van der Waals surface area (Å²) in [5.74, 6) is -0.0546. The fourth-order valence-electron chi connectivity index (χ4n) is 3.72. The van der Waals surface area contributed by atoms with Gasteiger partial charge in [0.15, 0.2) is 0 Å². The van der Waals surface area contributed by atoms with Crippen molar-refractivity contribution in [2.45, 2.75) is 12.6 Å². The second-order valence-corrected chi connectivity index (χ2v) is 8.70. The number of hydrogen-bond donors (Lipinski definition) is 1. The predicted octanol–water partition coefficient (Wildman–Crippen LogP) is 6.19. The van der Waals surface area contributed by atoms with Crippen molar-refractivity contribution >= 4 is 40.4 Å². The molecule has 1 atom stereocenters. The number of aromatic nitrogens is 2. The summed E-state index contributed by atoms with van der Waals surface area (Å²) in [5.41, 5.74) is 4.18. The summed E-state index contributed by atoms with van der Waals surface area (Å²) >= 11 is 13.7. The van der Waals surface area contributed by atoms with Gasteiger partial charge in [-0.1, -0.05) is 53.5 Å². The highest BCUT2D eigenvalue weighted by molar-refractivity contribution is 7.10. The first-order valence-corrected chi connectivity index (χ1v) is 10.7. The number of amides is 1. The van der Waals surface area contributed by atoms with Crippen LogP contribution < -0.4 is 0 Å². The Morgan fingerprint density at radius 3 is 2.34 bits per heavy atom. The van der Waals surface area contributed by atoms with Gasteiger partial charge in [0.05, 0.1) is 11.7 Å². The van der Waals surface area contributed by atoms with E-state index >= 15 is 0 Å². The molecule has 0 saturated carbocycles. The number of aromatic amines is 1. The third-order valence-corrected chi connectivity index (χ3v) is 6.49. The van der Waals surface area contributed by atoms with Crippen LogP contribution in [0.5, 0.6) is 0 Å². The third-order valence-electron chi connectivity index (χ3n) is 5.06. The molecular weight excluding hydrogens is 425 g/mol. The number of thiophene rings is 1. The lowest BCUT2D eigenvalue weighted by Crippen LogP contribution is -2.28. The molecule has 0 aliphatic carbocycles. The number of hydrogen-bond acceptors (Lipinski definition) is 3. The molecule has 1 aliphatic rings. The molecular formula is C22H15Cl2N3OS. The van der Waals surface area contributed by atoms with E-state index < -0.39 is 0 Å². The number of carbonyl (C=O) groups is 1. The predicted molar refractivity (Wildman–Crippen MR) is 117 cm³/mol. The van der Waals surface area contributed by atoms with Crippen LogP contribution in [0.2, 0.25) is 10.0 Å². The molecule has 4 aromatic rings. The van der Waals surface area contributed by atoms with Gasteiger partial charge in [0.25, 0.3) is 5.91 Å². The molecule has 0 spiro atoms. The summed E-state index contributed by atoms with van der Waals surface area (Å²) in [6, 6.07) is 19.0. The minimum atomic E-state index is -0.197. The van der Waals surface area contributed by atoms with Gasteiger partial charge < -0.3 is 4.90 Å². The molecule has 4 nitrogen and oxygen atoms in total. The minimum absolute atomic E-state index is 0.0546. The third kappa shape index (κ3) is 3.25. The Morgan fingerprint density at radius 1 is 1.00 bits per heavy atom. The number of H-pyrrole nitrogens is 1. The molecule has 1 aliphatic heterocycles. The first kappa shape index (κ1) is 18.4. The molecule has 0 saturated heterocycles. The fraction of sp³-hybridized carbons (Fsp3) is 0.0909. The zero-order valence-corrected chi connectivity index (χ0v) is 17.4. The lowest BCUT2D eigenvalue weighted by molar-refractivity contribution is 0.0732. The van der Waals surface area contributed by atoms with Crippen molar-refractivity contribution in [3.8, 4) is 11.3 Å². The van der Waals surface area contributed by atoms with Crippen molar-refractivity contribution in [3.63, 3.8) is 0 Å². The van der Waals surface area contributed by atoms with Crippen LogP contribution in [0.25, 0.3) is 11.3 Å². The molecule has 5 rings (SSSR count). The van der Waals surface area contributed by atoms with Gasteiger partial charge in [-0.15, -0.1) is 11.3 Å². The SMILES string of the molecule is O=C1c2[nH]nc(-c3ccc(Cl)cc3)c2C(c2cccs2)N1Cc1ccc(Cl)cc1. The summed E-state index contributed by atoms with van der Waals surface area (Å²) in [5, 5.41) is 10.8. The highest BCUT2D eigenvalue weighted by Crippen LogP contribution is 2.44. The van der Waals surface area contributed by atoms with E-state index in [-0.39, 0.29) is 11.9 Å². The maximum Gasteiger partial charge on any atom is 0.273 e. The first-order valence-electron chi connectivity index (χ1n) is 9.05. The Morgan fingerprint density at radius 2 is 1.69 bits per heavy atom. The molecule has 29 heavy (non-hydrogen) atoms. The zero-order chi connectivity index (χ0) is 20.0. The van der Waals surface area contributed by atoms with E-state index in [1.54, 1.807) is 11.3 Å². The number of fused-ring (bicyclic) bond motifs is 1. The van der Waals surface area contributed by atoms with Gasteiger partial charge in [-0.05, 0) is 41.3 Å². The standard InChI is InChI=1S/C22H15Cl2N3OS/c23-15-7-3-13(4-8-15)12-27-21(17-2-1-11-29-17)18-19(25-26-20(18)22(27)28)14-5-9-16(24)10-6-14/h1-11,21H,12H2,(H,25,26). The molecule has 1 unspecified atom stereocenters. The van der Waals surface area contributed by atoms with Gasteiger partial charge in [0.1, 0.15) is 5.69 Å². The maximum atomic E-state index is 13.3. The van der Waals surface area contributed by atoms with Crippen LogP contribution >= 0.6 is 34.5 Å². The van der Waals surface area contributed by atoms with Crippen molar-refractivity contribution in [2.75, 3.05) is 0 Å². The van der Waals surface area contributed by atoms with Crippen molar-refractivity contribution in [2.24, 2.45) is 0 Å². The van der Waals surface area contributed by atoms with Crippen LogP contribution in [0.1, 0.15) is 32.5 Å². The molecule has 3 heterocycles. The highest BCUT2D eigenvalue weighted by Gasteiger charge is 2.42. The molecule has 2 aromatic heterocycles. The van der Waals surface area contributed by atoms with Gasteiger partial charge in [-0.3, -0.25) is 9.89 Å². The smallest absolute Gasteiger partial charge is 0.273 e. The Labute approximate surface area is 181 Å². The van der Waals surface area contributed by atoms with Crippen LogP contribution in [0.15, 0.2) is 66.0 Å². The molecule has 0 fully saturated rings. The van der Waals surface area contributed by atoms with E-state index in [0.29, 0.717) is 22.3 Å². The van der Waals surface area contributed by atoms with Gasteiger partial charge in [0, 0.05) is 32.6 Å². The second-order valence-electron chi connectivity index (χ2n) is 6.85. The Bertz CT molecular complexity index is 1170. The summed E-state index contributed by atoms with van der Waals surface area (Å²) in [6.07, 6.45) is 0. The average Bonchev–Trinajstić information content (AvgIpc) is 3.44. The topological polar surface area (TPSA) is 49.0 Å². The largest absolute Gasteiger partial charge is 0.321 e. The number of benzene rings is 2. The summed E-state index contributed by atoms with van der Waals surface area (Å²) in [6.45, 7) is 0.487. The monoisotopic (exact) mass is 439 g/mol. The number of nitrogens with zero attached hydrogens (tertiary/aromatic N) is 2. The number of halogens is 2. The summed E-state index contributed by atoms with van der Waals surface area (Å²) < 4.78 is 0. The first-order chi connectivity index (χ1) is 14.1. The quantitative estimate of drug-likeness (QED) is 0.411. The van der Waals surface area contributed by atoms with E-state index in [1.807, 2.05) is 64.9 Å². The molecule has 2 aromatic carbocycles. The summed E-state index contributed by atoms with van der Waals surface area (Å²) in [7, 11) is 0. The molecule has 1 amide bonds. The average molecular weight is 440 g/mol. The normalized spacial score (nSPS) is 15.7. The van der Waals surface area contributed by atoms with Crippen molar-refractivity contribution in [1.29, 1.82) is 0 Å². The van der Waals surface area contributed by atoms with Gasteiger partial charge in [-0.25, -0.2) is 0 Å². The van der Waals surface area contributed by atoms with E-state index in [2.05, 4.69) is 16.3 Å². The Hall–Kier alpha value is -2.60. The number of rotatable bonds is 4. The van der Waals surface area contributed by atoms with Crippen molar-refractivity contribution < 1.29 is 4.79 Å². The fourth-order valence-corrected chi connectivity index (χ4v) is 4.81. The molecule has 0 radical (unpaired) electrons. The van der Waals surface area contributed by atoms with E-state index in [1.165, 1.54) is 0 Å². The van der Waals surface area contributed by atoms with Crippen molar-refractivity contribution in [1.82, 2.24) is 15.1 Å². The minimum Gasteiger partial charge on any atom is -0.321 e. The second kappa shape index (κ2) is 7.34. The number of carbonyl (C=O) groups excluding carboxylic acids is 1. The van der Waals surface area contributed by atoms with Crippen molar-refractivity contribution in [3.05, 3.63) is 97.8 Å². The van der Waals surface area contributed by atoms with Crippen LogP contribution in [0, 0.1) is 0 Å². The Kier molecular flexibility index (Phi) is 4.66. The van der Waals surface area contributed by atoms with Gasteiger partial charge in [0.2, 0.25) is 0 Å². The zero-order valence-electron chi connectivity index (χ0n) is 15.1. The lowest BCUT2D eigenvalue weighted by atomic mass is 10.0. The van der Waals surface area contributed by atoms with Gasteiger partial charge in [-0.2, -0.15) is 5.10 Å². The van der Waals surface area contributed by atoms with Crippen LogP contribution in [0.3, 0.4) is 0 Å². The lowest BCUT2D eigenvalue weighted by Gasteiger charge is -2.25. The van der Waals surface area contributed by atoms with Crippen LogP contribution in [-0.2, 0) is 6.54 Å². The van der Waals surface area contributed by atoms with Gasteiger partial charge >= 0.3 is 0 Å². The van der Waals surface area contributed by atoms with Crippen LogP contribution in [0.4, 0.5) is 0 Å². The highest BCUT2D eigenvalue weighted by atomic mass is 35.5. The van der Waals surface area contributed by atoms with Crippen LogP contribution in [-0.4, -0.2) is 21.0 Å². The van der Waals surface area contributed by atoms with E-state index in [4.69, 9.17) is 23.2 Å². The summed E-state index contributed by atoms with van der Waals surface area (Å²) in [4.78, 5) is 16.3. The van der Waals surface area contributed by atoms with E-state index in [9.17, 15) is 4.79 Å². The maximum absolute atomic E-state index is 13.3.